The second kappa shape index (κ2) is 5.85. The third kappa shape index (κ3) is 2.71. The third-order valence-electron chi connectivity index (χ3n) is 2.78. The molecule has 0 aliphatic rings. The van der Waals surface area contributed by atoms with Crippen molar-refractivity contribution in [2.45, 2.75) is 0 Å². The zero-order valence-electron chi connectivity index (χ0n) is 10.6. The van der Waals surface area contributed by atoms with Gasteiger partial charge in [-0.2, -0.15) is 16.3 Å². The molecule has 2 heterocycles. The molecule has 5 nitrogen and oxygen atoms in total. The fraction of sp³-hybridized carbons (Fsp3) is 0.143. The highest BCUT2D eigenvalue weighted by molar-refractivity contribution is 7.08. The number of benzene rings is 1. The van der Waals surface area contributed by atoms with Crippen molar-refractivity contribution in [2.24, 2.45) is 0 Å². The Morgan fingerprint density at radius 2 is 2.00 bits per heavy atom. The lowest BCUT2D eigenvalue weighted by atomic mass is 10.2. The van der Waals surface area contributed by atoms with E-state index in [9.17, 15) is 0 Å². The Morgan fingerprint density at radius 1 is 1.15 bits per heavy atom. The Kier molecular flexibility index (Phi) is 3.76. The Morgan fingerprint density at radius 3 is 2.70 bits per heavy atom. The summed E-state index contributed by atoms with van der Waals surface area (Å²) in [6.07, 6.45) is 0. The van der Waals surface area contributed by atoms with E-state index in [0.717, 1.165) is 16.8 Å². The summed E-state index contributed by atoms with van der Waals surface area (Å²) in [5, 5.41) is 19.8. The molecule has 0 atom stereocenters. The zero-order chi connectivity index (χ0) is 13.8. The van der Waals surface area contributed by atoms with Crippen molar-refractivity contribution in [3.05, 3.63) is 41.1 Å². The second-order valence-corrected chi connectivity index (χ2v) is 4.94. The second-order valence-electron chi connectivity index (χ2n) is 4.16. The van der Waals surface area contributed by atoms with Crippen molar-refractivity contribution in [3.8, 4) is 22.8 Å². The molecule has 0 amide bonds. The fourth-order valence-corrected chi connectivity index (χ4v) is 2.41. The van der Waals surface area contributed by atoms with Crippen LogP contribution in [0.25, 0.3) is 22.8 Å². The molecule has 6 heteroatoms. The maximum Gasteiger partial charge on any atom is 0.258 e. The molecule has 0 aliphatic heterocycles. The zero-order valence-corrected chi connectivity index (χ0v) is 11.4. The van der Waals surface area contributed by atoms with E-state index in [4.69, 9.17) is 9.63 Å². The first kappa shape index (κ1) is 12.8. The molecule has 0 saturated carbocycles. The Balaban J connectivity index is 1.79. The lowest BCUT2D eigenvalue weighted by molar-refractivity contribution is 0.311. The average molecular weight is 287 g/mol. The lowest BCUT2D eigenvalue weighted by Gasteiger charge is -2.03. The van der Waals surface area contributed by atoms with Gasteiger partial charge in [0, 0.05) is 28.7 Å². The van der Waals surface area contributed by atoms with Gasteiger partial charge in [0.05, 0.1) is 6.61 Å². The van der Waals surface area contributed by atoms with E-state index in [-0.39, 0.29) is 6.61 Å². The van der Waals surface area contributed by atoms with Crippen molar-refractivity contribution in [1.82, 2.24) is 10.1 Å². The van der Waals surface area contributed by atoms with Crippen LogP contribution in [0.3, 0.4) is 0 Å². The van der Waals surface area contributed by atoms with Crippen LogP contribution in [0.2, 0.25) is 0 Å². The molecule has 0 unspecified atom stereocenters. The highest BCUT2D eigenvalue weighted by Gasteiger charge is 2.10. The van der Waals surface area contributed by atoms with Crippen molar-refractivity contribution >= 4 is 17.0 Å². The van der Waals surface area contributed by atoms with Crippen LogP contribution >= 0.6 is 11.3 Å². The molecule has 0 bridgehead atoms. The predicted molar refractivity (Wildman–Crippen MR) is 78.6 cm³/mol. The van der Waals surface area contributed by atoms with Gasteiger partial charge in [-0.1, -0.05) is 5.16 Å². The summed E-state index contributed by atoms with van der Waals surface area (Å²) in [5.41, 5.74) is 2.78. The van der Waals surface area contributed by atoms with Crippen molar-refractivity contribution < 1.29 is 9.63 Å². The van der Waals surface area contributed by atoms with Crippen LogP contribution in [0, 0.1) is 0 Å². The summed E-state index contributed by atoms with van der Waals surface area (Å²) < 4.78 is 5.28. The molecule has 0 saturated heterocycles. The standard InChI is InChI=1S/C14H13N3O2S/c18-7-6-15-12-3-1-10(2-4-12)14-16-13(17-19-14)11-5-8-20-9-11/h1-5,8-9,15,18H,6-7H2. The molecule has 3 aromatic rings. The minimum absolute atomic E-state index is 0.107. The largest absolute Gasteiger partial charge is 0.395 e. The number of rotatable bonds is 5. The first-order valence-electron chi connectivity index (χ1n) is 6.18. The van der Waals surface area contributed by atoms with Crippen LogP contribution < -0.4 is 5.32 Å². The first-order valence-corrected chi connectivity index (χ1v) is 7.12. The van der Waals surface area contributed by atoms with Crippen LogP contribution in [-0.4, -0.2) is 28.4 Å². The summed E-state index contributed by atoms with van der Waals surface area (Å²) in [4.78, 5) is 4.38. The summed E-state index contributed by atoms with van der Waals surface area (Å²) in [6.45, 7) is 0.637. The van der Waals surface area contributed by atoms with Crippen LogP contribution in [0.4, 0.5) is 5.69 Å². The molecule has 0 spiro atoms. The Hall–Kier alpha value is -2.18. The molecule has 102 valence electrons. The Labute approximate surface area is 119 Å². The molecule has 2 N–H and O–H groups in total. The monoisotopic (exact) mass is 287 g/mol. The van der Waals surface area contributed by atoms with Gasteiger partial charge in [-0.15, -0.1) is 0 Å². The summed E-state index contributed by atoms with van der Waals surface area (Å²) >= 11 is 1.60. The van der Waals surface area contributed by atoms with Gasteiger partial charge in [-0.3, -0.25) is 0 Å². The molecule has 0 fully saturated rings. The van der Waals surface area contributed by atoms with Gasteiger partial charge < -0.3 is 14.9 Å². The van der Waals surface area contributed by atoms with Gasteiger partial charge in [-0.25, -0.2) is 0 Å². The number of hydrogen-bond donors (Lipinski definition) is 2. The number of nitrogens with one attached hydrogen (secondary N) is 1. The number of nitrogens with zero attached hydrogens (tertiary/aromatic N) is 2. The number of hydrogen-bond acceptors (Lipinski definition) is 6. The van der Waals surface area contributed by atoms with Crippen LogP contribution in [0.15, 0.2) is 45.6 Å². The number of aliphatic hydroxyl groups is 1. The van der Waals surface area contributed by atoms with Gasteiger partial charge in [0.15, 0.2) is 0 Å². The molecule has 1 aromatic carbocycles. The normalized spacial score (nSPS) is 10.7. The highest BCUT2D eigenvalue weighted by Crippen LogP contribution is 2.24. The van der Waals surface area contributed by atoms with Gasteiger partial charge in [-0.05, 0) is 35.7 Å². The van der Waals surface area contributed by atoms with E-state index in [1.54, 1.807) is 11.3 Å². The van der Waals surface area contributed by atoms with Crippen molar-refractivity contribution in [3.63, 3.8) is 0 Å². The van der Waals surface area contributed by atoms with Gasteiger partial charge >= 0.3 is 0 Å². The maximum atomic E-state index is 8.76. The summed E-state index contributed by atoms with van der Waals surface area (Å²) in [7, 11) is 0. The molecule has 3 rings (SSSR count). The van der Waals surface area contributed by atoms with E-state index < -0.39 is 0 Å². The minimum atomic E-state index is 0.107. The number of aliphatic hydroxyl groups excluding tert-OH is 1. The maximum absolute atomic E-state index is 8.76. The topological polar surface area (TPSA) is 71.2 Å². The highest BCUT2D eigenvalue weighted by atomic mass is 32.1. The van der Waals surface area contributed by atoms with Gasteiger partial charge in [0.25, 0.3) is 5.89 Å². The Bertz CT molecular complexity index is 662. The third-order valence-corrected chi connectivity index (χ3v) is 3.46. The summed E-state index contributed by atoms with van der Waals surface area (Å²) in [5.74, 6) is 1.10. The first-order chi connectivity index (χ1) is 9.86. The molecule has 2 aromatic heterocycles. The van der Waals surface area contributed by atoms with Crippen molar-refractivity contribution in [1.29, 1.82) is 0 Å². The van der Waals surface area contributed by atoms with Crippen LogP contribution in [0.1, 0.15) is 0 Å². The average Bonchev–Trinajstić information content (AvgIpc) is 3.16. The van der Waals surface area contributed by atoms with E-state index in [0.29, 0.717) is 18.3 Å². The number of anilines is 1. The van der Waals surface area contributed by atoms with E-state index >= 15 is 0 Å². The summed E-state index contributed by atoms with van der Waals surface area (Å²) in [6, 6.07) is 9.61. The van der Waals surface area contributed by atoms with E-state index in [1.807, 2.05) is 41.1 Å². The van der Waals surface area contributed by atoms with Crippen molar-refractivity contribution in [2.75, 3.05) is 18.5 Å². The smallest absolute Gasteiger partial charge is 0.258 e. The number of thiophene rings is 1. The molecular weight excluding hydrogens is 274 g/mol. The lowest BCUT2D eigenvalue weighted by Crippen LogP contribution is -2.04. The van der Waals surface area contributed by atoms with E-state index in [2.05, 4.69) is 15.5 Å². The SMILES string of the molecule is OCCNc1ccc(-c2nc(-c3ccsc3)no2)cc1. The van der Waals surface area contributed by atoms with Gasteiger partial charge in [0.1, 0.15) is 0 Å². The van der Waals surface area contributed by atoms with Crippen LogP contribution in [-0.2, 0) is 0 Å². The quantitative estimate of drug-likeness (QED) is 0.755. The molecular formula is C14H13N3O2S. The fourth-order valence-electron chi connectivity index (χ4n) is 1.78. The molecule has 0 radical (unpaired) electrons. The minimum Gasteiger partial charge on any atom is -0.395 e. The van der Waals surface area contributed by atoms with Crippen LogP contribution in [0.5, 0.6) is 0 Å². The van der Waals surface area contributed by atoms with Gasteiger partial charge in [0.2, 0.25) is 5.82 Å². The van der Waals surface area contributed by atoms with E-state index in [1.165, 1.54) is 0 Å². The number of aromatic nitrogens is 2. The predicted octanol–water partition coefficient (Wildman–Crippen LogP) is 2.87. The molecule has 0 aliphatic carbocycles. The molecule has 20 heavy (non-hydrogen) atoms.